The molecule has 0 radical (unpaired) electrons. The minimum Gasteiger partial charge on any atom is -0.478 e. The zero-order chi connectivity index (χ0) is 24.4. The molecular formula is C25H25N7O3. The minimum absolute atomic E-state index is 0.193. The first-order valence-electron chi connectivity index (χ1n) is 11.5. The first kappa shape index (κ1) is 22.3. The lowest BCUT2D eigenvalue weighted by Crippen LogP contribution is -2.08. The molecule has 0 aliphatic heterocycles. The van der Waals surface area contributed by atoms with Crippen LogP contribution in [0.2, 0.25) is 0 Å². The van der Waals surface area contributed by atoms with Gasteiger partial charge >= 0.3 is 5.97 Å². The predicted molar refractivity (Wildman–Crippen MR) is 130 cm³/mol. The van der Waals surface area contributed by atoms with E-state index in [9.17, 15) is 9.90 Å². The van der Waals surface area contributed by atoms with Gasteiger partial charge in [0, 0.05) is 11.9 Å². The number of carboxylic acids is 1. The largest absolute Gasteiger partial charge is 0.478 e. The minimum atomic E-state index is -1.00. The lowest BCUT2D eigenvalue weighted by Gasteiger charge is -2.12. The van der Waals surface area contributed by atoms with Gasteiger partial charge < -0.3 is 14.4 Å². The quantitative estimate of drug-likeness (QED) is 0.332. The average Bonchev–Trinajstić information content (AvgIpc) is 3.59. The van der Waals surface area contributed by atoms with Crippen LogP contribution >= 0.6 is 0 Å². The number of carbonyl (C=O) groups is 1. The highest BCUT2D eigenvalue weighted by Crippen LogP contribution is 2.28. The van der Waals surface area contributed by atoms with Crippen molar-refractivity contribution < 1.29 is 14.6 Å². The number of rotatable bonds is 9. The summed E-state index contributed by atoms with van der Waals surface area (Å²) in [5, 5.41) is 24.2. The maximum Gasteiger partial charge on any atom is 0.337 e. The summed E-state index contributed by atoms with van der Waals surface area (Å²) < 4.78 is 9.61. The number of nitrogens with zero attached hydrogens (tertiary/aromatic N) is 6. The first-order chi connectivity index (χ1) is 17.1. The second-order valence-electron chi connectivity index (χ2n) is 8.15. The van der Waals surface area contributed by atoms with E-state index in [1.165, 1.54) is 5.56 Å². The molecule has 0 bridgehead atoms. The van der Waals surface area contributed by atoms with E-state index in [0.29, 0.717) is 36.0 Å². The molecule has 5 rings (SSSR count). The van der Waals surface area contributed by atoms with E-state index < -0.39 is 5.97 Å². The van der Waals surface area contributed by atoms with Crippen molar-refractivity contribution in [1.29, 1.82) is 0 Å². The second-order valence-corrected chi connectivity index (χ2v) is 8.15. The molecule has 0 aliphatic carbocycles. The van der Waals surface area contributed by atoms with Gasteiger partial charge in [0.25, 0.3) is 6.01 Å². The van der Waals surface area contributed by atoms with Gasteiger partial charge in [0.2, 0.25) is 5.82 Å². The van der Waals surface area contributed by atoms with Gasteiger partial charge in [-0.3, -0.25) is 4.57 Å². The van der Waals surface area contributed by atoms with Crippen molar-refractivity contribution in [3.05, 3.63) is 71.4 Å². The Morgan fingerprint density at radius 3 is 2.63 bits per heavy atom. The maximum absolute atomic E-state index is 11.9. The lowest BCUT2D eigenvalue weighted by atomic mass is 10.1. The number of aromatic carboxylic acids is 1. The lowest BCUT2D eigenvalue weighted by molar-refractivity contribution is 0.0698. The summed E-state index contributed by atoms with van der Waals surface area (Å²) in [5.41, 5.74) is 5.33. The number of fused-ring (bicyclic) bond motifs is 1. The van der Waals surface area contributed by atoms with Gasteiger partial charge in [0.15, 0.2) is 0 Å². The number of aromatic nitrogens is 7. The molecule has 0 saturated heterocycles. The average molecular weight is 472 g/mol. The zero-order valence-electron chi connectivity index (χ0n) is 19.5. The van der Waals surface area contributed by atoms with E-state index in [1.54, 1.807) is 18.2 Å². The number of nitrogens with one attached hydrogen (secondary N) is 1. The van der Waals surface area contributed by atoms with Gasteiger partial charge in [-0.2, -0.15) is 10.2 Å². The van der Waals surface area contributed by atoms with Crippen LogP contribution in [0.3, 0.4) is 0 Å². The molecule has 3 aromatic heterocycles. The normalized spacial score (nSPS) is 11.3. The van der Waals surface area contributed by atoms with Crippen molar-refractivity contribution in [3.63, 3.8) is 0 Å². The molecule has 3 heterocycles. The Morgan fingerprint density at radius 1 is 1.11 bits per heavy atom. The summed E-state index contributed by atoms with van der Waals surface area (Å²) in [6.07, 6.45) is 4.09. The van der Waals surface area contributed by atoms with Gasteiger partial charge in [0.05, 0.1) is 35.4 Å². The standard InChI is InChI=1S/C25H25N7O3/c1-3-6-17-13-21(23-27-29-30-28-23)31(15-17)18-11-9-16(10-12-18)14-32-22-19(24(33)34)7-5-8-20(22)26-25(32)35-4-2/h5,7-13,15H,3-4,6,14H2,1-2H3,(H,33,34)(H,27,28,29,30). The molecule has 0 fully saturated rings. The number of aromatic amines is 1. The Bertz CT molecular complexity index is 1470. The second kappa shape index (κ2) is 9.41. The van der Waals surface area contributed by atoms with Crippen LogP contribution in [0, 0.1) is 0 Å². The molecular weight excluding hydrogens is 446 g/mol. The molecule has 0 spiro atoms. The summed E-state index contributed by atoms with van der Waals surface area (Å²) in [7, 11) is 0. The third kappa shape index (κ3) is 4.25. The number of ether oxygens (including phenoxy) is 1. The summed E-state index contributed by atoms with van der Waals surface area (Å²) in [6, 6.07) is 15.6. The molecule has 10 nitrogen and oxygen atoms in total. The SMILES string of the molecule is CCCc1cc(-c2nn[nH]n2)n(-c2ccc(Cn3c(OCC)nc4cccc(C(=O)O)c43)cc2)c1. The number of benzene rings is 2. The van der Waals surface area contributed by atoms with Crippen molar-refractivity contribution in [2.45, 2.75) is 33.2 Å². The van der Waals surface area contributed by atoms with Crippen LogP contribution in [0.1, 0.15) is 41.8 Å². The van der Waals surface area contributed by atoms with E-state index in [4.69, 9.17) is 4.74 Å². The summed E-state index contributed by atoms with van der Waals surface area (Å²) in [6.45, 7) is 4.87. The molecule has 0 unspecified atom stereocenters. The topological polar surface area (TPSA) is 124 Å². The number of aryl methyl sites for hydroxylation is 1. The fourth-order valence-electron chi connectivity index (χ4n) is 4.27. The van der Waals surface area contributed by atoms with Crippen molar-refractivity contribution >= 4 is 17.0 Å². The Balaban J connectivity index is 1.52. The maximum atomic E-state index is 11.9. The number of imidazole rings is 1. The van der Waals surface area contributed by atoms with Crippen LogP contribution in [-0.2, 0) is 13.0 Å². The van der Waals surface area contributed by atoms with Crippen molar-refractivity contribution in [1.82, 2.24) is 34.7 Å². The smallest absolute Gasteiger partial charge is 0.337 e. The van der Waals surface area contributed by atoms with E-state index in [2.05, 4.69) is 49.4 Å². The number of carboxylic acid groups (broad SMARTS) is 1. The number of hydrogen-bond donors (Lipinski definition) is 2. The highest BCUT2D eigenvalue weighted by atomic mass is 16.5. The van der Waals surface area contributed by atoms with Crippen LogP contribution in [0.5, 0.6) is 6.01 Å². The molecule has 0 aliphatic rings. The third-order valence-electron chi connectivity index (χ3n) is 5.78. The molecule has 35 heavy (non-hydrogen) atoms. The Labute approximate surface area is 201 Å². The highest BCUT2D eigenvalue weighted by molar-refractivity contribution is 6.01. The molecule has 178 valence electrons. The van der Waals surface area contributed by atoms with E-state index in [1.807, 2.05) is 35.8 Å². The van der Waals surface area contributed by atoms with Crippen LogP contribution < -0.4 is 4.74 Å². The predicted octanol–water partition coefficient (Wildman–Crippen LogP) is 4.10. The summed E-state index contributed by atoms with van der Waals surface area (Å²) in [5.74, 6) is -0.469. The zero-order valence-corrected chi connectivity index (χ0v) is 19.5. The van der Waals surface area contributed by atoms with Crippen LogP contribution in [0.4, 0.5) is 0 Å². The molecule has 2 aromatic carbocycles. The monoisotopic (exact) mass is 471 g/mol. The Kier molecular flexibility index (Phi) is 6.01. The van der Waals surface area contributed by atoms with Crippen molar-refractivity contribution in [2.75, 3.05) is 6.61 Å². The van der Waals surface area contributed by atoms with Gasteiger partial charge in [0.1, 0.15) is 0 Å². The molecule has 0 saturated carbocycles. The fraction of sp³-hybridized carbons (Fsp3) is 0.240. The number of hydrogen-bond acceptors (Lipinski definition) is 6. The summed E-state index contributed by atoms with van der Waals surface area (Å²) >= 11 is 0. The fourth-order valence-corrected chi connectivity index (χ4v) is 4.27. The molecule has 5 aromatic rings. The molecule has 2 N–H and O–H groups in total. The first-order valence-corrected chi connectivity index (χ1v) is 11.5. The van der Waals surface area contributed by atoms with Crippen LogP contribution in [0.25, 0.3) is 28.2 Å². The number of para-hydroxylation sites is 1. The van der Waals surface area contributed by atoms with Gasteiger partial charge in [-0.25, -0.2) is 4.79 Å². The Hall–Kier alpha value is -4.47. The Morgan fingerprint density at radius 2 is 1.94 bits per heavy atom. The van der Waals surface area contributed by atoms with Crippen molar-refractivity contribution in [2.24, 2.45) is 0 Å². The summed E-state index contributed by atoms with van der Waals surface area (Å²) in [4.78, 5) is 16.4. The third-order valence-corrected chi connectivity index (χ3v) is 5.78. The number of H-pyrrole nitrogens is 1. The van der Waals surface area contributed by atoms with Gasteiger partial charge in [-0.1, -0.05) is 31.5 Å². The molecule has 0 atom stereocenters. The number of tetrazole rings is 1. The molecule has 0 amide bonds. The van der Waals surface area contributed by atoms with Crippen LogP contribution in [-0.4, -0.2) is 52.4 Å². The highest BCUT2D eigenvalue weighted by Gasteiger charge is 2.19. The van der Waals surface area contributed by atoms with Crippen LogP contribution in [0.15, 0.2) is 54.7 Å². The van der Waals surface area contributed by atoms with Crippen molar-refractivity contribution in [3.8, 4) is 23.2 Å². The van der Waals surface area contributed by atoms with E-state index in [0.717, 1.165) is 29.8 Å². The van der Waals surface area contributed by atoms with E-state index >= 15 is 0 Å². The molecule has 10 heteroatoms. The van der Waals surface area contributed by atoms with Gasteiger partial charge in [-0.05, 0) is 60.0 Å². The van der Waals surface area contributed by atoms with Gasteiger partial charge in [-0.15, -0.1) is 10.2 Å². The van der Waals surface area contributed by atoms with E-state index in [-0.39, 0.29) is 5.56 Å².